The van der Waals surface area contributed by atoms with Crippen LogP contribution in [0.1, 0.15) is 44.7 Å². The molecule has 0 radical (unpaired) electrons. The number of fused-ring (bicyclic) bond motifs is 1. The fourth-order valence-corrected chi connectivity index (χ4v) is 3.50. The molecule has 0 spiro atoms. The van der Waals surface area contributed by atoms with Crippen molar-refractivity contribution >= 4 is 16.5 Å². The fraction of sp³-hybridized carbons (Fsp3) is 0.769. The second-order valence-corrected chi connectivity index (χ2v) is 6.81. The van der Waals surface area contributed by atoms with E-state index in [0.717, 1.165) is 17.6 Å². The van der Waals surface area contributed by atoms with Gasteiger partial charge in [-0.3, -0.25) is 0 Å². The third-order valence-electron chi connectivity index (χ3n) is 3.49. The molecule has 0 fully saturated rings. The fourth-order valence-electron chi connectivity index (χ4n) is 2.34. The van der Waals surface area contributed by atoms with Gasteiger partial charge in [0.2, 0.25) is 0 Å². The van der Waals surface area contributed by atoms with E-state index >= 15 is 0 Å². The summed E-state index contributed by atoms with van der Waals surface area (Å²) in [7, 11) is 0. The van der Waals surface area contributed by atoms with Gasteiger partial charge < -0.3 is 5.32 Å². The van der Waals surface area contributed by atoms with E-state index < -0.39 is 0 Å². The molecule has 90 valence electrons. The lowest BCUT2D eigenvalue weighted by atomic mass is 9.73. The summed E-state index contributed by atoms with van der Waals surface area (Å²) in [5.41, 5.74) is 1.78. The highest BCUT2D eigenvalue weighted by Crippen LogP contribution is 2.39. The first kappa shape index (κ1) is 11.9. The molecule has 0 saturated carbocycles. The van der Waals surface area contributed by atoms with E-state index in [4.69, 9.17) is 0 Å². The molecule has 2 nitrogen and oxygen atoms in total. The molecule has 1 aromatic rings. The monoisotopic (exact) mass is 238 g/mol. The summed E-state index contributed by atoms with van der Waals surface area (Å²) >= 11 is 1.86. The average molecular weight is 238 g/mol. The summed E-state index contributed by atoms with van der Waals surface area (Å²) in [6.07, 6.45) is 3.69. The Morgan fingerprint density at radius 1 is 1.44 bits per heavy atom. The number of nitrogens with zero attached hydrogens (tertiary/aromatic N) is 1. The van der Waals surface area contributed by atoms with Gasteiger partial charge in [-0.2, -0.15) is 0 Å². The minimum absolute atomic E-state index is 0.431. The predicted molar refractivity (Wildman–Crippen MR) is 71.2 cm³/mol. The zero-order valence-electron chi connectivity index (χ0n) is 10.8. The SMILES string of the molecule is CCNc1nc2c(s1)CC(C(C)(C)C)CC2. The molecule has 1 unspecified atom stereocenters. The molecule has 1 aliphatic carbocycles. The predicted octanol–water partition coefficient (Wildman–Crippen LogP) is 3.73. The molecule has 16 heavy (non-hydrogen) atoms. The van der Waals surface area contributed by atoms with E-state index in [1.54, 1.807) is 0 Å². The lowest BCUT2D eigenvalue weighted by Gasteiger charge is -2.33. The van der Waals surface area contributed by atoms with Gasteiger partial charge in [-0.1, -0.05) is 20.8 Å². The van der Waals surface area contributed by atoms with Crippen molar-refractivity contribution in [1.82, 2.24) is 4.98 Å². The first-order chi connectivity index (χ1) is 7.50. The van der Waals surface area contributed by atoms with Crippen molar-refractivity contribution < 1.29 is 0 Å². The molecular weight excluding hydrogens is 216 g/mol. The van der Waals surface area contributed by atoms with Crippen LogP contribution in [0.15, 0.2) is 0 Å². The number of hydrogen-bond acceptors (Lipinski definition) is 3. The van der Waals surface area contributed by atoms with Gasteiger partial charge in [-0.15, -0.1) is 11.3 Å². The van der Waals surface area contributed by atoms with Crippen LogP contribution in [0.25, 0.3) is 0 Å². The van der Waals surface area contributed by atoms with Crippen LogP contribution in [-0.2, 0) is 12.8 Å². The van der Waals surface area contributed by atoms with Gasteiger partial charge in [0.05, 0.1) is 5.69 Å². The Balaban J connectivity index is 2.14. The Hall–Kier alpha value is -0.570. The van der Waals surface area contributed by atoms with Gasteiger partial charge in [0.15, 0.2) is 5.13 Å². The number of aryl methyl sites for hydroxylation is 1. The number of aromatic nitrogens is 1. The highest BCUT2D eigenvalue weighted by molar-refractivity contribution is 7.15. The van der Waals surface area contributed by atoms with Crippen LogP contribution in [0.4, 0.5) is 5.13 Å². The molecule has 0 aliphatic heterocycles. The highest BCUT2D eigenvalue weighted by Gasteiger charge is 2.30. The molecular formula is C13H22N2S. The van der Waals surface area contributed by atoms with Crippen LogP contribution in [-0.4, -0.2) is 11.5 Å². The summed E-state index contributed by atoms with van der Waals surface area (Å²) in [5, 5.41) is 4.44. The van der Waals surface area contributed by atoms with E-state index in [-0.39, 0.29) is 0 Å². The van der Waals surface area contributed by atoms with Crippen molar-refractivity contribution in [1.29, 1.82) is 0 Å². The number of thiazole rings is 1. The van der Waals surface area contributed by atoms with Crippen LogP contribution < -0.4 is 5.32 Å². The van der Waals surface area contributed by atoms with Gasteiger partial charge >= 0.3 is 0 Å². The van der Waals surface area contributed by atoms with E-state index in [0.29, 0.717) is 5.41 Å². The highest BCUT2D eigenvalue weighted by atomic mass is 32.1. The van der Waals surface area contributed by atoms with Gasteiger partial charge in [0, 0.05) is 11.4 Å². The topological polar surface area (TPSA) is 24.9 Å². The third kappa shape index (κ3) is 2.40. The number of rotatable bonds is 2. The molecule has 2 rings (SSSR count). The second-order valence-electron chi connectivity index (χ2n) is 5.72. The van der Waals surface area contributed by atoms with Crippen LogP contribution >= 0.6 is 11.3 Å². The van der Waals surface area contributed by atoms with E-state index in [9.17, 15) is 0 Å². The average Bonchev–Trinajstić information content (AvgIpc) is 2.57. The van der Waals surface area contributed by atoms with E-state index in [1.165, 1.54) is 29.8 Å². The molecule has 0 bridgehead atoms. The Morgan fingerprint density at radius 3 is 2.81 bits per heavy atom. The van der Waals surface area contributed by atoms with Crippen LogP contribution in [0.2, 0.25) is 0 Å². The number of hydrogen-bond donors (Lipinski definition) is 1. The maximum Gasteiger partial charge on any atom is 0.183 e. The van der Waals surface area contributed by atoms with Gasteiger partial charge in [-0.05, 0) is 37.5 Å². The third-order valence-corrected chi connectivity index (χ3v) is 4.57. The first-order valence-corrected chi connectivity index (χ1v) is 7.04. The quantitative estimate of drug-likeness (QED) is 0.849. The normalized spacial score (nSPS) is 20.6. The molecule has 1 aromatic heterocycles. The zero-order valence-corrected chi connectivity index (χ0v) is 11.6. The van der Waals surface area contributed by atoms with Crippen molar-refractivity contribution in [3.63, 3.8) is 0 Å². The van der Waals surface area contributed by atoms with E-state index in [1.807, 2.05) is 11.3 Å². The molecule has 0 saturated heterocycles. The van der Waals surface area contributed by atoms with Gasteiger partial charge in [0.25, 0.3) is 0 Å². The van der Waals surface area contributed by atoms with Crippen molar-refractivity contribution in [3.8, 4) is 0 Å². The van der Waals surface area contributed by atoms with E-state index in [2.05, 4.69) is 38.0 Å². The lowest BCUT2D eigenvalue weighted by molar-refractivity contribution is 0.217. The number of nitrogens with one attached hydrogen (secondary N) is 1. The van der Waals surface area contributed by atoms with Crippen molar-refractivity contribution in [3.05, 3.63) is 10.6 Å². The first-order valence-electron chi connectivity index (χ1n) is 6.23. The van der Waals surface area contributed by atoms with Crippen molar-refractivity contribution in [2.75, 3.05) is 11.9 Å². The Bertz CT molecular complexity index is 362. The summed E-state index contributed by atoms with van der Waals surface area (Å²) in [6, 6.07) is 0. The smallest absolute Gasteiger partial charge is 0.183 e. The van der Waals surface area contributed by atoms with Crippen LogP contribution in [0.5, 0.6) is 0 Å². The summed E-state index contributed by atoms with van der Waals surface area (Å²) in [5.74, 6) is 0.815. The largest absolute Gasteiger partial charge is 0.362 e. The maximum absolute atomic E-state index is 4.66. The number of anilines is 1. The molecule has 3 heteroatoms. The Labute approximate surface area is 102 Å². The second kappa shape index (κ2) is 4.36. The summed E-state index contributed by atoms with van der Waals surface area (Å²) in [4.78, 5) is 6.18. The standard InChI is InChI=1S/C13H22N2S/c1-5-14-12-15-10-7-6-9(13(2,3)4)8-11(10)16-12/h9H,5-8H2,1-4H3,(H,14,15). The summed E-state index contributed by atoms with van der Waals surface area (Å²) < 4.78 is 0. The molecule has 1 aliphatic rings. The molecule has 0 amide bonds. The molecule has 1 N–H and O–H groups in total. The lowest BCUT2D eigenvalue weighted by Crippen LogP contribution is -2.26. The van der Waals surface area contributed by atoms with Crippen LogP contribution in [0, 0.1) is 11.3 Å². The molecule has 1 heterocycles. The molecule has 0 aromatic carbocycles. The van der Waals surface area contributed by atoms with Crippen molar-refractivity contribution in [2.24, 2.45) is 11.3 Å². The zero-order chi connectivity index (χ0) is 11.8. The molecule has 1 atom stereocenters. The maximum atomic E-state index is 4.66. The van der Waals surface area contributed by atoms with Crippen molar-refractivity contribution in [2.45, 2.75) is 47.0 Å². The Kier molecular flexibility index (Phi) is 3.24. The minimum atomic E-state index is 0.431. The summed E-state index contributed by atoms with van der Waals surface area (Å²) in [6.45, 7) is 10.2. The van der Waals surface area contributed by atoms with Gasteiger partial charge in [0.1, 0.15) is 0 Å². The van der Waals surface area contributed by atoms with Crippen LogP contribution in [0.3, 0.4) is 0 Å². The van der Waals surface area contributed by atoms with Gasteiger partial charge in [-0.25, -0.2) is 4.98 Å². The minimum Gasteiger partial charge on any atom is -0.362 e. The Morgan fingerprint density at radius 2 is 2.19 bits per heavy atom.